The van der Waals surface area contributed by atoms with E-state index in [2.05, 4.69) is 20.5 Å². The standard InChI is InChI=1S/C20H33N5O4.HI/c1-22-20(24-14-6-9-25(10-7-14)13-19(21)26)23-8-5-16-17(28-3)11-15(27-2)12-18(16)29-4;/h11-12,14H,5-10,13H2,1-4H3,(H2,21,26)(H2,22,23,24);1H. The number of methoxy groups -OCH3 is 3. The summed E-state index contributed by atoms with van der Waals surface area (Å²) in [6, 6.07) is 4.02. The lowest BCUT2D eigenvalue weighted by molar-refractivity contribution is -0.119. The van der Waals surface area contributed by atoms with Gasteiger partial charge >= 0.3 is 0 Å². The molecule has 1 fully saturated rings. The number of guanidine groups is 1. The van der Waals surface area contributed by atoms with Crippen molar-refractivity contribution in [2.24, 2.45) is 10.7 Å². The molecule has 1 amide bonds. The number of hydrogen-bond acceptors (Lipinski definition) is 6. The molecule has 9 nitrogen and oxygen atoms in total. The molecule has 0 atom stereocenters. The predicted molar refractivity (Wildman–Crippen MR) is 128 cm³/mol. The van der Waals surface area contributed by atoms with Gasteiger partial charge in [0.15, 0.2) is 5.96 Å². The minimum absolute atomic E-state index is 0. The fourth-order valence-corrected chi connectivity index (χ4v) is 3.47. The van der Waals surface area contributed by atoms with Crippen LogP contribution in [0.5, 0.6) is 17.2 Å². The summed E-state index contributed by atoms with van der Waals surface area (Å²) in [7, 11) is 6.64. The van der Waals surface area contributed by atoms with Gasteiger partial charge in [-0.3, -0.25) is 14.7 Å². The molecular formula is C20H34IN5O4. The molecule has 1 aromatic rings. The molecule has 4 N–H and O–H groups in total. The average Bonchev–Trinajstić information content (AvgIpc) is 2.73. The Bertz CT molecular complexity index is 683. The fraction of sp³-hybridized carbons (Fsp3) is 0.600. The van der Waals surface area contributed by atoms with Crippen LogP contribution in [0.25, 0.3) is 0 Å². The zero-order chi connectivity index (χ0) is 21.2. The van der Waals surface area contributed by atoms with Crippen LogP contribution in [0.1, 0.15) is 18.4 Å². The molecule has 1 aliphatic heterocycles. The highest BCUT2D eigenvalue weighted by Crippen LogP contribution is 2.34. The van der Waals surface area contributed by atoms with Gasteiger partial charge in [-0.2, -0.15) is 0 Å². The van der Waals surface area contributed by atoms with Crippen molar-refractivity contribution < 1.29 is 19.0 Å². The summed E-state index contributed by atoms with van der Waals surface area (Å²) in [5, 5.41) is 6.80. The molecule has 2 rings (SSSR count). The van der Waals surface area contributed by atoms with Gasteiger partial charge in [0.25, 0.3) is 0 Å². The van der Waals surface area contributed by atoms with Crippen LogP contribution in [-0.2, 0) is 11.2 Å². The Kier molecular flexibility index (Phi) is 11.6. The number of nitrogens with zero attached hydrogens (tertiary/aromatic N) is 2. The van der Waals surface area contributed by atoms with Crippen LogP contribution in [0, 0.1) is 0 Å². The molecule has 170 valence electrons. The summed E-state index contributed by atoms with van der Waals surface area (Å²) in [5.74, 6) is 2.62. The van der Waals surface area contributed by atoms with Crippen molar-refractivity contribution in [3.8, 4) is 17.2 Å². The van der Waals surface area contributed by atoms with E-state index in [0.29, 0.717) is 31.3 Å². The summed E-state index contributed by atoms with van der Waals surface area (Å²) < 4.78 is 16.3. The minimum Gasteiger partial charge on any atom is -0.496 e. The number of nitrogens with one attached hydrogen (secondary N) is 2. The van der Waals surface area contributed by atoms with Gasteiger partial charge in [0.2, 0.25) is 5.91 Å². The second kappa shape index (κ2) is 13.4. The lowest BCUT2D eigenvalue weighted by Crippen LogP contribution is -2.50. The second-order valence-electron chi connectivity index (χ2n) is 6.92. The monoisotopic (exact) mass is 535 g/mol. The first-order valence-corrected chi connectivity index (χ1v) is 9.77. The maximum atomic E-state index is 11.0. The molecule has 0 aromatic heterocycles. The van der Waals surface area contributed by atoms with E-state index < -0.39 is 0 Å². The van der Waals surface area contributed by atoms with Gasteiger partial charge in [-0.1, -0.05) is 0 Å². The number of carbonyl (C=O) groups excluding carboxylic acids is 1. The van der Waals surface area contributed by atoms with E-state index in [1.165, 1.54) is 0 Å². The first-order valence-electron chi connectivity index (χ1n) is 9.77. The maximum absolute atomic E-state index is 11.0. The molecule has 0 bridgehead atoms. The summed E-state index contributed by atoms with van der Waals surface area (Å²) >= 11 is 0. The number of halogens is 1. The Morgan fingerprint density at radius 2 is 1.77 bits per heavy atom. The molecule has 0 radical (unpaired) electrons. The van der Waals surface area contributed by atoms with Crippen LogP contribution in [0.2, 0.25) is 0 Å². The number of likely N-dealkylation sites (tertiary alicyclic amines) is 1. The Morgan fingerprint density at radius 3 is 2.23 bits per heavy atom. The molecule has 0 saturated carbocycles. The quantitative estimate of drug-likeness (QED) is 0.246. The van der Waals surface area contributed by atoms with E-state index in [4.69, 9.17) is 19.9 Å². The van der Waals surface area contributed by atoms with E-state index in [9.17, 15) is 4.79 Å². The summed E-state index contributed by atoms with van der Waals surface area (Å²) in [5.41, 5.74) is 6.24. The Balaban J connectivity index is 0.00000450. The molecule has 0 unspecified atom stereocenters. The van der Waals surface area contributed by atoms with Crippen molar-refractivity contribution in [3.63, 3.8) is 0 Å². The average molecular weight is 535 g/mol. The van der Waals surface area contributed by atoms with E-state index >= 15 is 0 Å². The highest BCUT2D eigenvalue weighted by Gasteiger charge is 2.21. The van der Waals surface area contributed by atoms with E-state index in [0.717, 1.165) is 49.0 Å². The highest BCUT2D eigenvalue weighted by molar-refractivity contribution is 14.0. The SMILES string of the molecule is CN=C(NCCc1c(OC)cc(OC)cc1OC)NC1CCN(CC(N)=O)CC1.I. The van der Waals surface area contributed by atoms with Gasteiger partial charge in [-0.25, -0.2) is 0 Å². The molecule has 1 heterocycles. The lowest BCUT2D eigenvalue weighted by atomic mass is 10.1. The largest absolute Gasteiger partial charge is 0.496 e. The molecule has 1 aliphatic rings. The van der Waals surface area contributed by atoms with Crippen molar-refractivity contribution in [2.45, 2.75) is 25.3 Å². The first-order chi connectivity index (χ1) is 14.0. The van der Waals surface area contributed by atoms with Crippen LogP contribution < -0.4 is 30.6 Å². The van der Waals surface area contributed by atoms with Crippen molar-refractivity contribution in [3.05, 3.63) is 17.7 Å². The van der Waals surface area contributed by atoms with Crippen molar-refractivity contribution in [1.29, 1.82) is 0 Å². The van der Waals surface area contributed by atoms with Gasteiger partial charge in [0.05, 0.1) is 27.9 Å². The Labute approximate surface area is 195 Å². The number of aliphatic imine (C=N–C) groups is 1. The third kappa shape index (κ3) is 7.71. The van der Waals surface area contributed by atoms with Crippen LogP contribution in [0.3, 0.4) is 0 Å². The molecule has 30 heavy (non-hydrogen) atoms. The smallest absolute Gasteiger partial charge is 0.231 e. The van der Waals surface area contributed by atoms with Crippen molar-refractivity contribution in [2.75, 3.05) is 54.6 Å². The van der Waals surface area contributed by atoms with Crippen LogP contribution in [0.15, 0.2) is 17.1 Å². The molecule has 1 saturated heterocycles. The van der Waals surface area contributed by atoms with E-state index in [1.807, 2.05) is 12.1 Å². The maximum Gasteiger partial charge on any atom is 0.231 e. The van der Waals surface area contributed by atoms with E-state index in [-0.39, 0.29) is 29.9 Å². The topological polar surface area (TPSA) is 110 Å². The first kappa shape index (κ1) is 26.1. The molecule has 1 aromatic carbocycles. The van der Waals surface area contributed by atoms with Crippen molar-refractivity contribution in [1.82, 2.24) is 15.5 Å². The molecule has 10 heteroatoms. The van der Waals surface area contributed by atoms with Crippen molar-refractivity contribution >= 4 is 35.8 Å². The lowest BCUT2D eigenvalue weighted by Gasteiger charge is -2.32. The van der Waals surface area contributed by atoms with Crippen LogP contribution in [0.4, 0.5) is 0 Å². The third-order valence-electron chi connectivity index (χ3n) is 5.02. The summed E-state index contributed by atoms with van der Waals surface area (Å²) in [6.07, 6.45) is 2.58. The molecule has 0 aliphatic carbocycles. The number of hydrogen-bond donors (Lipinski definition) is 3. The number of ether oxygens (including phenoxy) is 3. The van der Waals surface area contributed by atoms with Gasteiger partial charge in [0.1, 0.15) is 17.2 Å². The highest BCUT2D eigenvalue weighted by atomic mass is 127. The van der Waals surface area contributed by atoms with Gasteiger partial charge in [-0.05, 0) is 19.3 Å². The minimum atomic E-state index is -0.279. The van der Waals surface area contributed by atoms with Gasteiger partial charge in [0, 0.05) is 50.4 Å². The zero-order valence-electron chi connectivity index (χ0n) is 18.2. The normalized spacial score (nSPS) is 15.1. The zero-order valence-corrected chi connectivity index (χ0v) is 20.5. The second-order valence-corrected chi connectivity index (χ2v) is 6.92. The summed E-state index contributed by atoms with van der Waals surface area (Å²) in [6.45, 7) is 2.68. The van der Waals surface area contributed by atoms with Gasteiger partial charge in [-0.15, -0.1) is 24.0 Å². The number of carbonyl (C=O) groups is 1. The van der Waals surface area contributed by atoms with Crippen LogP contribution >= 0.6 is 24.0 Å². The fourth-order valence-electron chi connectivity index (χ4n) is 3.47. The Hall–Kier alpha value is -1.95. The van der Waals surface area contributed by atoms with E-state index in [1.54, 1.807) is 28.4 Å². The Morgan fingerprint density at radius 1 is 1.17 bits per heavy atom. The third-order valence-corrected chi connectivity index (χ3v) is 5.02. The number of piperidine rings is 1. The number of amides is 1. The summed E-state index contributed by atoms with van der Waals surface area (Å²) in [4.78, 5) is 17.4. The predicted octanol–water partition coefficient (Wildman–Crippen LogP) is 0.988. The van der Waals surface area contributed by atoms with Crippen LogP contribution in [-0.4, -0.2) is 77.4 Å². The number of rotatable bonds is 9. The number of benzene rings is 1. The molecular weight excluding hydrogens is 501 g/mol. The molecule has 0 spiro atoms. The number of nitrogens with two attached hydrogens (primary N) is 1. The number of primary amides is 1. The van der Waals surface area contributed by atoms with Gasteiger partial charge < -0.3 is 30.6 Å².